The third-order valence-electron chi connectivity index (χ3n) is 2.14. The minimum Gasteiger partial charge on any atom is -0.394 e. The molecule has 0 unspecified atom stereocenters. The molecule has 0 fully saturated rings. The van der Waals surface area contributed by atoms with Crippen LogP contribution in [0.25, 0.3) is 11.3 Å². The van der Waals surface area contributed by atoms with Gasteiger partial charge < -0.3 is 5.11 Å². The summed E-state index contributed by atoms with van der Waals surface area (Å²) in [5, 5.41) is 17.6. The van der Waals surface area contributed by atoms with Crippen molar-refractivity contribution < 1.29 is 5.11 Å². The van der Waals surface area contributed by atoms with Gasteiger partial charge >= 0.3 is 0 Å². The summed E-state index contributed by atoms with van der Waals surface area (Å²) in [4.78, 5) is 0. The summed E-state index contributed by atoms with van der Waals surface area (Å²) in [6.07, 6.45) is 1.60. The predicted octanol–water partition coefficient (Wildman–Crippen LogP) is 2.24. The number of rotatable bonds is 3. The fourth-order valence-corrected chi connectivity index (χ4v) is 1.93. The zero-order chi connectivity index (χ0) is 11.5. The van der Waals surface area contributed by atoms with Crippen molar-refractivity contribution in [2.45, 2.75) is 6.54 Å². The number of benzene rings is 1. The van der Waals surface area contributed by atoms with Crippen molar-refractivity contribution in [3.63, 3.8) is 0 Å². The van der Waals surface area contributed by atoms with Gasteiger partial charge in [-0.25, -0.2) is 4.68 Å². The van der Waals surface area contributed by atoms with Gasteiger partial charge in [0.15, 0.2) is 0 Å². The number of halogens is 2. The summed E-state index contributed by atoms with van der Waals surface area (Å²) in [5.74, 6) is 0. The maximum Gasteiger partial charge on any atom is 0.0901 e. The van der Waals surface area contributed by atoms with E-state index in [-0.39, 0.29) is 6.61 Å². The Morgan fingerprint density at radius 3 is 2.81 bits per heavy atom. The molecule has 16 heavy (non-hydrogen) atoms. The average molecular weight is 258 g/mol. The third kappa shape index (κ3) is 2.19. The topological polar surface area (TPSA) is 50.9 Å². The number of aliphatic hydroxyl groups is 1. The van der Waals surface area contributed by atoms with Crippen LogP contribution in [-0.4, -0.2) is 26.7 Å². The van der Waals surface area contributed by atoms with E-state index in [2.05, 4.69) is 10.3 Å². The van der Waals surface area contributed by atoms with Crippen LogP contribution in [0.3, 0.4) is 0 Å². The first-order valence-corrected chi connectivity index (χ1v) is 5.42. The fourth-order valence-electron chi connectivity index (χ4n) is 1.42. The number of aromatic nitrogens is 3. The fraction of sp³-hybridized carbons (Fsp3) is 0.200. The second kappa shape index (κ2) is 4.82. The van der Waals surface area contributed by atoms with Gasteiger partial charge in [0.2, 0.25) is 0 Å². The molecular weight excluding hydrogens is 249 g/mol. The van der Waals surface area contributed by atoms with E-state index < -0.39 is 0 Å². The Hall–Kier alpha value is -1.10. The zero-order valence-corrected chi connectivity index (χ0v) is 9.78. The van der Waals surface area contributed by atoms with E-state index in [1.54, 1.807) is 29.1 Å². The Bertz CT molecular complexity index is 499. The molecule has 0 atom stereocenters. The van der Waals surface area contributed by atoms with Crippen LogP contribution in [-0.2, 0) is 6.54 Å². The molecule has 0 amide bonds. The van der Waals surface area contributed by atoms with Crippen molar-refractivity contribution in [2.75, 3.05) is 6.61 Å². The van der Waals surface area contributed by atoms with Crippen LogP contribution in [0.4, 0.5) is 0 Å². The van der Waals surface area contributed by atoms with Crippen LogP contribution in [0, 0.1) is 0 Å². The lowest BCUT2D eigenvalue weighted by Gasteiger charge is -2.06. The summed E-state index contributed by atoms with van der Waals surface area (Å²) in [6.45, 7) is 0.385. The molecule has 2 rings (SSSR count). The lowest BCUT2D eigenvalue weighted by molar-refractivity contribution is 0.269. The highest BCUT2D eigenvalue weighted by molar-refractivity contribution is 6.36. The number of aliphatic hydroxyl groups excluding tert-OH is 1. The van der Waals surface area contributed by atoms with Crippen molar-refractivity contribution >= 4 is 23.2 Å². The van der Waals surface area contributed by atoms with Gasteiger partial charge in [0.25, 0.3) is 0 Å². The second-order valence-electron chi connectivity index (χ2n) is 3.19. The quantitative estimate of drug-likeness (QED) is 0.918. The largest absolute Gasteiger partial charge is 0.394 e. The second-order valence-corrected chi connectivity index (χ2v) is 4.03. The summed E-state index contributed by atoms with van der Waals surface area (Å²) < 4.78 is 1.59. The standard InChI is InChI=1S/C10H9Cl2N3O/c11-7-1-2-8(9(12)5-7)10-6-13-14-15(10)3-4-16/h1-2,5-6,16H,3-4H2. The molecule has 0 aliphatic heterocycles. The summed E-state index contributed by atoms with van der Waals surface area (Å²) in [5.41, 5.74) is 1.56. The molecule has 6 heteroatoms. The predicted molar refractivity (Wildman–Crippen MR) is 62.6 cm³/mol. The Balaban J connectivity index is 2.46. The van der Waals surface area contributed by atoms with Gasteiger partial charge in [-0.05, 0) is 18.2 Å². The van der Waals surface area contributed by atoms with Crippen molar-refractivity contribution in [3.05, 3.63) is 34.4 Å². The third-order valence-corrected chi connectivity index (χ3v) is 2.68. The highest BCUT2D eigenvalue weighted by Crippen LogP contribution is 2.29. The van der Waals surface area contributed by atoms with Crippen LogP contribution in [0.15, 0.2) is 24.4 Å². The Kier molecular flexibility index (Phi) is 3.43. The van der Waals surface area contributed by atoms with Gasteiger partial charge in [0.05, 0.1) is 30.1 Å². The zero-order valence-electron chi connectivity index (χ0n) is 8.27. The molecular formula is C10H9Cl2N3O. The van der Waals surface area contributed by atoms with E-state index in [0.29, 0.717) is 16.6 Å². The van der Waals surface area contributed by atoms with E-state index >= 15 is 0 Å². The van der Waals surface area contributed by atoms with E-state index in [1.165, 1.54) is 0 Å². The SMILES string of the molecule is OCCn1nncc1-c1ccc(Cl)cc1Cl. The smallest absolute Gasteiger partial charge is 0.0901 e. The van der Waals surface area contributed by atoms with Crippen LogP contribution in [0.2, 0.25) is 10.0 Å². The van der Waals surface area contributed by atoms with Crippen molar-refractivity contribution in [2.24, 2.45) is 0 Å². The Labute approximate surface area is 102 Å². The maximum atomic E-state index is 8.88. The monoisotopic (exact) mass is 257 g/mol. The van der Waals surface area contributed by atoms with Crippen LogP contribution >= 0.6 is 23.2 Å². The lowest BCUT2D eigenvalue weighted by Crippen LogP contribution is -2.05. The van der Waals surface area contributed by atoms with Gasteiger partial charge in [0.1, 0.15) is 0 Å². The van der Waals surface area contributed by atoms with Crippen LogP contribution in [0.5, 0.6) is 0 Å². The molecule has 0 saturated carbocycles. The molecule has 1 heterocycles. The molecule has 1 N–H and O–H groups in total. The van der Waals surface area contributed by atoms with Gasteiger partial charge in [-0.15, -0.1) is 5.10 Å². The minimum atomic E-state index is 0.00156. The van der Waals surface area contributed by atoms with Crippen molar-refractivity contribution in [1.82, 2.24) is 15.0 Å². The average Bonchev–Trinajstić information content (AvgIpc) is 2.67. The van der Waals surface area contributed by atoms with Crippen LogP contribution < -0.4 is 0 Å². The van der Waals surface area contributed by atoms with Crippen LogP contribution in [0.1, 0.15) is 0 Å². The molecule has 84 valence electrons. The van der Waals surface area contributed by atoms with E-state index in [9.17, 15) is 0 Å². The Morgan fingerprint density at radius 1 is 1.31 bits per heavy atom. The van der Waals surface area contributed by atoms with Crippen molar-refractivity contribution in [3.8, 4) is 11.3 Å². The molecule has 2 aromatic rings. The van der Waals surface area contributed by atoms with Gasteiger partial charge in [-0.3, -0.25) is 0 Å². The number of nitrogens with zero attached hydrogens (tertiary/aromatic N) is 3. The molecule has 0 aliphatic rings. The molecule has 0 aliphatic carbocycles. The molecule has 0 bridgehead atoms. The normalized spacial score (nSPS) is 10.7. The van der Waals surface area contributed by atoms with E-state index in [0.717, 1.165) is 11.3 Å². The summed E-state index contributed by atoms with van der Waals surface area (Å²) in [6, 6.07) is 5.21. The highest BCUT2D eigenvalue weighted by atomic mass is 35.5. The van der Waals surface area contributed by atoms with Crippen molar-refractivity contribution in [1.29, 1.82) is 0 Å². The minimum absolute atomic E-state index is 0.00156. The van der Waals surface area contributed by atoms with Gasteiger partial charge in [-0.2, -0.15) is 0 Å². The molecule has 4 nitrogen and oxygen atoms in total. The number of hydrogen-bond donors (Lipinski definition) is 1. The van der Waals surface area contributed by atoms with E-state index in [1.807, 2.05) is 0 Å². The molecule has 1 aromatic carbocycles. The molecule has 1 aromatic heterocycles. The molecule has 0 spiro atoms. The first-order valence-electron chi connectivity index (χ1n) is 4.67. The first kappa shape index (κ1) is 11.4. The Morgan fingerprint density at radius 2 is 2.12 bits per heavy atom. The summed E-state index contributed by atoms with van der Waals surface area (Å²) in [7, 11) is 0. The highest BCUT2D eigenvalue weighted by Gasteiger charge is 2.10. The summed E-state index contributed by atoms with van der Waals surface area (Å²) >= 11 is 11.9. The van der Waals surface area contributed by atoms with Gasteiger partial charge in [0, 0.05) is 10.6 Å². The first-order chi connectivity index (χ1) is 7.72. The number of hydrogen-bond acceptors (Lipinski definition) is 3. The maximum absolute atomic E-state index is 8.88. The molecule has 0 saturated heterocycles. The molecule has 0 radical (unpaired) electrons. The lowest BCUT2D eigenvalue weighted by atomic mass is 10.1. The van der Waals surface area contributed by atoms with Gasteiger partial charge in [-0.1, -0.05) is 28.4 Å². The van der Waals surface area contributed by atoms with E-state index in [4.69, 9.17) is 28.3 Å².